The number of rotatable bonds is 13. The molecule has 2 rings (SSSR count). The van der Waals surface area contributed by atoms with Gasteiger partial charge in [0.1, 0.15) is 23.9 Å². The number of hydrogen-bond donors (Lipinski definition) is 3. The number of carbonyl (C=O) groups excluding carboxylic acids is 3. The van der Waals surface area contributed by atoms with Gasteiger partial charge in [-0.2, -0.15) is 0 Å². The predicted molar refractivity (Wildman–Crippen MR) is 135 cm³/mol. The van der Waals surface area contributed by atoms with Gasteiger partial charge < -0.3 is 24.3 Å². The fourth-order valence-corrected chi connectivity index (χ4v) is 3.61. The fraction of sp³-hybridized carbons (Fsp3) is 0.444. The molecule has 2 atom stereocenters. The molecule has 10 nitrogen and oxygen atoms in total. The lowest BCUT2D eigenvalue weighted by Crippen LogP contribution is -2.47. The smallest absolute Gasteiger partial charge is 0.307 e. The summed E-state index contributed by atoms with van der Waals surface area (Å²) in [5, 5.41) is 12.2. The minimum absolute atomic E-state index is 0.00258. The number of esters is 1. The minimum Gasteiger partial charge on any atom is -0.460 e. The van der Waals surface area contributed by atoms with Gasteiger partial charge in [0.25, 0.3) is 5.91 Å². The second kappa shape index (κ2) is 13.7. The normalized spacial score (nSPS) is 13.7. The monoisotopic (exact) mass is 516 g/mol. The van der Waals surface area contributed by atoms with Crippen LogP contribution in [0.15, 0.2) is 54.6 Å². The zero-order valence-electron chi connectivity index (χ0n) is 21.9. The van der Waals surface area contributed by atoms with Crippen molar-refractivity contribution in [3.05, 3.63) is 60.2 Å². The third-order valence-electron chi connectivity index (χ3n) is 5.25. The Balaban J connectivity index is 2.15. The summed E-state index contributed by atoms with van der Waals surface area (Å²) in [4.78, 5) is 38.1. The molecule has 0 saturated carbocycles. The lowest BCUT2D eigenvalue weighted by Gasteiger charge is -2.32. The quantitative estimate of drug-likeness (QED) is 0.120. The zero-order valence-corrected chi connectivity index (χ0v) is 21.9. The third-order valence-corrected chi connectivity index (χ3v) is 5.25. The molecule has 0 radical (unpaired) electrons. The first kappa shape index (κ1) is 29.8. The van der Waals surface area contributed by atoms with Crippen molar-refractivity contribution >= 4 is 17.8 Å². The van der Waals surface area contributed by atoms with Crippen molar-refractivity contribution in [3.8, 4) is 11.5 Å². The number of benzene rings is 2. The number of hydroxylamine groups is 1. The summed E-state index contributed by atoms with van der Waals surface area (Å²) < 4.78 is 21.5. The minimum atomic E-state index is -1.40. The van der Waals surface area contributed by atoms with Crippen LogP contribution in [0.25, 0.3) is 0 Å². The molecule has 1 unspecified atom stereocenters. The van der Waals surface area contributed by atoms with Crippen LogP contribution in [0.3, 0.4) is 0 Å². The Kier molecular flexibility index (Phi) is 11.0. The van der Waals surface area contributed by atoms with E-state index in [1.807, 2.05) is 30.3 Å². The maximum absolute atomic E-state index is 13.0. The first-order valence-electron chi connectivity index (χ1n) is 11.8. The Morgan fingerprint density at radius 2 is 1.57 bits per heavy atom. The fourth-order valence-electron chi connectivity index (χ4n) is 3.61. The van der Waals surface area contributed by atoms with E-state index in [1.54, 1.807) is 50.5 Å². The summed E-state index contributed by atoms with van der Waals surface area (Å²) >= 11 is 0. The van der Waals surface area contributed by atoms with Crippen molar-refractivity contribution in [2.45, 2.75) is 52.2 Å². The van der Waals surface area contributed by atoms with Crippen LogP contribution in [0.4, 0.5) is 0 Å². The van der Waals surface area contributed by atoms with E-state index in [1.165, 1.54) is 14.0 Å². The highest BCUT2D eigenvalue weighted by atomic mass is 16.7. The van der Waals surface area contributed by atoms with Gasteiger partial charge in [0, 0.05) is 12.7 Å². The Morgan fingerprint density at radius 3 is 2.14 bits per heavy atom. The molecule has 0 spiro atoms. The lowest BCUT2D eigenvalue weighted by molar-refractivity contribution is -0.161. The molecule has 202 valence electrons. The molecule has 0 aliphatic heterocycles. The summed E-state index contributed by atoms with van der Waals surface area (Å²) in [6.45, 7) is 6.61. The largest absolute Gasteiger partial charge is 0.460 e. The van der Waals surface area contributed by atoms with E-state index in [4.69, 9.17) is 18.9 Å². The molecule has 0 fully saturated rings. The van der Waals surface area contributed by atoms with Crippen molar-refractivity contribution in [2.24, 2.45) is 5.41 Å². The van der Waals surface area contributed by atoms with Crippen molar-refractivity contribution in [2.75, 3.05) is 20.5 Å². The summed E-state index contributed by atoms with van der Waals surface area (Å²) in [6.07, 6.45) is -0.345. The number of ether oxygens (including phenoxy) is 4. The van der Waals surface area contributed by atoms with Crippen LogP contribution in [0, 0.1) is 5.41 Å². The Bertz CT molecular complexity index is 1020. The number of carbonyl (C=O) groups is 3. The van der Waals surface area contributed by atoms with Crippen molar-refractivity contribution in [1.82, 2.24) is 10.8 Å². The summed E-state index contributed by atoms with van der Waals surface area (Å²) in [7, 11) is 1.46. The molecule has 0 aromatic heterocycles. The maximum Gasteiger partial charge on any atom is 0.307 e. The molecule has 10 heteroatoms. The summed E-state index contributed by atoms with van der Waals surface area (Å²) in [5.41, 5.74) is -0.177. The second-order valence-electron chi connectivity index (χ2n) is 9.86. The average Bonchev–Trinajstić information content (AvgIpc) is 2.83. The van der Waals surface area contributed by atoms with Crippen LogP contribution >= 0.6 is 0 Å². The van der Waals surface area contributed by atoms with E-state index in [9.17, 15) is 19.6 Å². The van der Waals surface area contributed by atoms with E-state index >= 15 is 0 Å². The number of hydrogen-bond acceptors (Lipinski definition) is 8. The highest BCUT2D eigenvalue weighted by molar-refractivity contribution is 5.94. The van der Waals surface area contributed by atoms with Crippen molar-refractivity contribution < 1.29 is 38.5 Å². The van der Waals surface area contributed by atoms with Crippen LogP contribution in [0.5, 0.6) is 11.5 Å². The Morgan fingerprint density at radius 1 is 0.946 bits per heavy atom. The van der Waals surface area contributed by atoms with E-state index in [-0.39, 0.29) is 26.2 Å². The van der Waals surface area contributed by atoms with E-state index in [2.05, 4.69) is 5.32 Å². The maximum atomic E-state index is 13.0. The molecule has 2 amide bonds. The Labute approximate surface area is 217 Å². The van der Waals surface area contributed by atoms with Gasteiger partial charge >= 0.3 is 5.97 Å². The zero-order chi connectivity index (χ0) is 27.5. The van der Waals surface area contributed by atoms with E-state index < -0.39 is 34.8 Å². The van der Waals surface area contributed by atoms with Gasteiger partial charge in [0.05, 0.1) is 24.5 Å². The van der Waals surface area contributed by atoms with Crippen molar-refractivity contribution in [3.63, 3.8) is 0 Å². The van der Waals surface area contributed by atoms with Crippen LogP contribution in [-0.4, -0.2) is 55.1 Å². The number of nitrogens with one attached hydrogen (secondary N) is 2. The van der Waals surface area contributed by atoms with Gasteiger partial charge in [0.2, 0.25) is 5.91 Å². The van der Waals surface area contributed by atoms with Gasteiger partial charge in [-0.1, -0.05) is 25.1 Å². The third kappa shape index (κ3) is 10.2. The van der Waals surface area contributed by atoms with Gasteiger partial charge in [0.15, 0.2) is 0 Å². The second-order valence-corrected chi connectivity index (χ2v) is 9.86. The molecule has 2 aromatic carbocycles. The molecule has 0 aliphatic carbocycles. The predicted octanol–water partition coefficient (Wildman–Crippen LogP) is 3.83. The van der Waals surface area contributed by atoms with Gasteiger partial charge in [-0.3, -0.25) is 19.6 Å². The molecule has 0 saturated heterocycles. The van der Waals surface area contributed by atoms with E-state index in [0.717, 1.165) is 0 Å². The summed E-state index contributed by atoms with van der Waals surface area (Å²) in [5.74, 6) is -0.586. The number of amides is 2. The standard InChI is InChI=1S/C27H36N2O8/c1-26(2,3)37-23(30)16-27(4,25(32)29-33)15-20(17-35-18-34-5)28-24(31)19-11-13-22(14-12-19)36-21-9-7-6-8-10-21/h6-14,20,33H,15-18H2,1-5H3,(H,28,31)(H,29,32)/t20-,27?/m0/s1. The van der Waals surface area contributed by atoms with E-state index in [0.29, 0.717) is 17.1 Å². The molecular formula is C27H36N2O8. The van der Waals surface area contributed by atoms with Crippen LogP contribution in [0.2, 0.25) is 0 Å². The van der Waals surface area contributed by atoms with Crippen LogP contribution < -0.4 is 15.5 Å². The average molecular weight is 517 g/mol. The van der Waals surface area contributed by atoms with Crippen molar-refractivity contribution in [1.29, 1.82) is 0 Å². The SMILES string of the molecule is COCOC[C@H](CC(C)(CC(=O)OC(C)(C)C)C(=O)NO)NC(=O)c1ccc(Oc2ccccc2)cc1. The lowest BCUT2D eigenvalue weighted by atomic mass is 9.79. The van der Waals surface area contributed by atoms with Crippen LogP contribution in [0.1, 0.15) is 50.9 Å². The topological polar surface area (TPSA) is 132 Å². The Hall–Kier alpha value is -3.47. The number of para-hydroxylation sites is 1. The number of methoxy groups -OCH3 is 1. The summed E-state index contributed by atoms with van der Waals surface area (Å²) in [6, 6.07) is 15.1. The first-order chi connectivity index (χ1) is 17.5. The first-order valence-corrected chi connectivity index (χ1v) is 11.8. The molecule has 0 aliphatic rings. The highest BCUT2D eigenvalue weighted by Gasteiger charge is 2.40. The molecule has 0 heterocycles. The molecule has 0 bridgehead atoms. The van der Waals surface area contributed by atoms with Gasteiger partial charge in [-0.15, -0.1) is 0 Å². The molecular weight excluding hydrogens is 480 g/mol. The molecule has 2 aromatic rings. The van der Waals surface area contributed by atoms with Gasteiger partial charge in [-0.25, -0.2) is 5.48 Å². The van der Waals surface area contributed by atoms with Gasteiger partial charge in [-0.05, 0) is 63.6 Å². The molecule has 37 heavy (non-hydrogen) atoms. The highest BCUT2D eigenvalue weighted by Crippen LogP contribution is 2.30. The van der Waals surface area contributed by atoms with Crippen LogP contribution in [-0.2, 0) is 23.8 Å². The molecule has 3 N–H and O–H groups in total.